The van der Waals surface area contributed by atoms with Crippen molar-refractivity contribution in [3.8, 4) is 0 Å². The van der Waals surface area contributed by atoms with E-state index in [0.29, 0.717) is 12.0 Å². The molecule has 0 heterocycles. The minimum atomic E-state index is -0.511. The van der Waals surface area contributed by atoms with E-state index in [4.69, 9.17) is 0 Å². The number of carbonyl (C=O) groups is 2. The third kappa shape index (κ3) is 3.27. The van der Waals surface area contributed by atoms with Crippen LogP contribution in [-0.4, -0.2) is 44.8 Å². The number of carbonyl (C=O) groups excluding carboxylic acids is 2. The van der Waals surface area contributed by atoms with E-state index in [2.05, 4.69) is 0 Å². The highest BCUT2D eigenvalue weighted by Gasteiger charge is 2.12. The molecule has 4 nitrogen and oxygen atoms in total. The highest BCUT2D eigenvalue weighted by Crippen LogP contribution is 2.18. The number of aldehydes is 1. The Bertz CT molecular complexity index is 433. The van der Waals surface area contributed by atoms with E-state index >= 15 is 0 Å². The van der Waals surface area contributed by atoms with Crippen molar-refractivity contribution in [3.05, 3.63) is 29.6 Å². The fraction of sp³-hybridized carbons (Fsp3) is 0.333. The number of anilines is 1. The van der Waals surface area contributed by atoms with Crippen molar-refractivity contribution in [2.45, 2.75) is 0 Å². The van der Waals surface area contributed by atoms with E-state index in [9.17, 15) is 14.0 Å². The van der Waals surface area contributed by atoms with Gasteiger partial charge in [0, 0.05) is 26.7 Å². The first-order chi connectivity index (χ1) is 7.95. The average molecular weight is 238 g/mol. The number of rotatable bonds is 4. The van der Waals surface area contributed by atoms with Crippen LogP contribution in [0.25, 0.3) is 0 Å². The molecule has 1 rings (SSSR count). The summed E-state index contributed by atoms with van der Waals surface area (Å²) in [6.45, 7) is 0.0877. The molecule has 0 saturated carbocycles. The van der Waals surface area contributed by atoms with Gasteiger partial charge in [-0.3, -0.25) is 9.59 Å². The quantitative estimate of drug-likeness (QED) is 0.739. The van der Waals surface area contributed by atoms with Gasteiger partial charge in [0.1, 0.15) is 12.1 Å². The molecule has 0 unspecified atom stereocenters. The normalized spacial score (nSPS) is 9.88. The number of benzene rings is 1. The van der Waals surface area contributed by atoms with Crippen molar-refractivity contribution in [2.24, 2.45) is 0 Å². The monoisotopic (exact) mass is 238 g/mol. The fourth-order valence-electron chi connectivity index (χ4n) is 1.34. The van der Waals surface area contributed by atoms with Crippen molar-refractivity contribution in [3.63, 3.8) is 0 Å². The first-order valence-corrected chi connectivity index (χ1v) is 5.11. The summed E-state index contributed by atoms with van der Waals surface area (Å²) in [4.78, 5) is 24.9. The van der Waals surface area contributed by atoms with Crippen LogP contribution in [-0.2, 0) is 4.79 Å². The third-order valence-electron chi connectivity index (χ3n) is 2.39. The smallest absolute Gasteiger partial charge is 0.241 e. The molecule has 1 aromatic carbocycles. The van der Waals surface area contributed by atoms with Crippen molar-refractivity contribution < 1.29 is 14.0 Å². The molecule has 0 spiro atoms. The van der Waals surface area contributed by atoms with Gasteiger partial charge in [-0.05, 0) is 18.2 Å². The van der Waals surface area contributed by atoms with Gasteiger partial charge in [0.2, 0.25) is 5.91 Å². The van der Waals surface area contributed by atoms with E-state index in [1.807, 2.05) is 0 Å². The first-order valence-electron chi connectivity index (χ1n) is 5.11. The topological polar surface area (TPSA) is 40.6 Å². The van der Waals surface area contributed by atoms with Crippen LogP contribution < -0.4 is 4.90 Å². The zero-order valence-corrected chi connectivity index (χ0v) is 10.1. The summed E-state index contributed by atoms with van der Waals surface area (Å²) in [6, 6.07) is 4.16. The zero-order chi connectivity index (χ0) is 13.0. The summed E-state index contributed by atoms with van der Waals surface area (Å²) in [5.41, 5.74) is 0.574. The van der Waals surface area contributed by atoms with Gasteiger partial charge in [-0.1, -0.05) is 0 Å². The Kier molecular flexibility index (Phi) is 4.20. The van der Waals surface area contributed by atoms with Gasteiger partial charge < -0.3 is 9.80 Å². The van der Waals surface area contributed by atoms with Gasteiger partial charge in [0.25, 0.3) is 0 Å². The standard InChI is InChI=1S/C12H15FN2O2/c1-14(2)12(17)7-15(3)11-5-4-9(8-16)6-10(11)13/h4-6,8H,7H2,1-3H3. The van der Waals surface area contributed by atoms with E-state index in [0.717, 1.165) is 6.07 Å². The molecule has 0 fully saturated rings. The van der Waals surface area contributed by atoms with Crippen LogP contribution in [0.4, 0.5) is 10.1 Å². The number of halogens is 1. The summed E-state index contributed by atoms with van der Waals surface area (Å²) in [5.74, 6) is -0.630. The van der Waals surface area contributed by atoms with Crippen LogP contribution >= 0.6 is 0 Å². The van der Waals surface area contributed by atoms with E-state index in [1.54, 1.807) is 21.1 Å². The molecule has 17 heavy (non-hydrogen) atoms. The van der Waals surface area contributed by atoms with Crippen LogP contribution in [0.3, 0.4) is 0 Å². The van der Waals surface area contributed by atoms with Crippen molar-refractivity contribution >= 4 is 17.9 Å². The van der Waals surface area contributed by atoms with Gasteiger partial charge >= 0.3 is 0 Å². The van der Waals surface area contributed by atoms with Crippen LogP contribution in [0, 0.1) is 5.82 Å². The number of likely N-dealkylation sites (N-methyl/N-ethyl adjacent to an activating group) is 2. The molecule has 5 heteroatoms. The lowest BCUT2D eigenvalue weighted by molar-refractivity contribution is -0.127. The summed E-state index contributed by atoms with van der Waals surface area (Å²) in [5, 5.41) is 0. The molecule has 92 valence electrons. The summed E-state index contributed by atoms with van der Waals surface area (Å²) in [7, 11) is 4.91. The maximum Gasteiger partial charge on any atom is 0.241 e. The first kappa shape index (κ1) is 13.2. The predicted molar refractivity (Wildman–Crippen MR) is 63.8 cm³/mol. The number of hydrogen-bond donors (Lipinski definition) is 0. The Morgan fingerprint density at radius 3 is 2.47 bits per heavy atom. The van der Waals surface area contributed by atoms with Crippen LogP contribution in [0.1, 0.15) is 10.4 Å². The van der Waals surface area contributed by atoms with Crippen LogP contribution in [0.2, 0.25) is 0 Å². The SMILES string of the molecule is CN(C)C(=O)CN(C)c1ccc(C=O)cc1F. The molecular weight excluding hydrogens is 223 g/mol. The van der Waals surface area contributed by atoms with Crippen LogP contribution in [0.5, 0.6) is 0 Å². The molecule has 0 radical (unpaired) electrons. The van der Waals surface area contributed by atoms with E-state index < -0.39 is 5.82 Å². The Balaban J connectivity index is 2.85. The molecule has 1 aromatic rings. The number of amides is 1. The van der Waals surface area contributed by atoms with Crippen molar-refractivity contribution in [1.29, 1.82) is 0 Å². The summed E-state index contributed by atoms with van der Waals surface area (Å²) in [6.07, 6.45) is 0.581. The predicted octanol–water partition coefficient (Wildman–Crippen LogP) is 1.16. The van der Waals surface area contributed by atoms with Gasteiger partial charge in [0.15, 0.2) is 0 Å². The fourth-order valence-corrected chi connectivity index (χ4v) is 1.34. The van der Waals surface area contributed by atoms with Crippen molar-refractivity contribution in [2.75, 3.05) is 32.6 Å². The lowest BCUT2D eigenvalue weighted by Gasteiger charge is -2.21. The van der Waals surface area contributed by atoms with Crippen molar-refractivity contribution in [1.82, 2.24) is 4.90 Å². The molecule has 0 bridgehead atoms. The molecular formula is C12H15FN2O2. The second-order valence-corrected chi connectivity index (χ2v) is 3.97. The Hall–Kier alpha value is -1.91. The zero-order valence-electron chi connectivity index (χ0n) is 10.1. The summed E-state index contributed by atoms with van der Waals surface area (Å²) < 4.78 is 13.6. The molecule has 0 aliphatic rings. The van der Waals surface area contributed by atoms with E-state index in [1.165, 1.54) is 21.9 Å². The minimum Gasteiger partial charge on any atom is -0.363 e. The van der Waals surface area contributed by atoms with Gasteiger partial charge in [-0.15, -0.1) is 0 Å². The Morgan fingerprint density at radius 2 is 2.00 bits per heavy atom. The van der Waals surface area contributed by atoms with E-state index in [-0.39, 0.29) is 18.0 Å². The molecule has 1 amide bonds. The highest BCUT2D eigenvalue weighted by atomic mass is 19.1. The lowest BCUT2D eigenvalue weighted by atomic mass is 10.2. The Labute approximate surface area is 99.6 Å². The second kappa shape index (κ2) is 5.43. The largest absolute Gasteiger partial charge is 0.363 e. The average Bonchev–Trinajstić information content (AvgIpc) is 2.28. The third-order valence-corrected chi connectivity index (χ3v) is 2.39. The molecule has 0 atom stereocenters. The summed E-state index contributed by atoms with van der Waals surface area (Å²) >= 11 is 0. The second-order valence-electron chi connectivity index (χ2n) is 3.97. The maximum absolute atomic E-state index is 13.6. The Morgan fingerprint density at radius 1 is 1.35 bits per heavy atom. The number of nitrogens with zero attached hydrogens (tertiary/aromatic N) is 2. The lowest BCUT2D eigenvalue weighted by Crippen LogP contribution is -2.34. The molecule has 0 aromatic heterocycles. The van der Waals surface area contributed by atoms with Crippen LogP contribution in [0.15, 0.2) is 18.2 Å². The molecule has 0 aliphatic carbocycles. The molecule has 0 aliphatic heterocycles. The van der Waals surface area contributed by atoms with Gasteiger partial charge in [0.05, 0.1) is 12.2 Å². The van der Waals surface area contributed by atoms with Gasteiger partial charge in [-0.25, -0.2) is 4.39 Å². The highest BCUT2D eigenvalue weighted by molar-refractivity contribution is 5.81. The number of hydrogen-bond acceptors (Lipinski definition) is 3. The minimum absolute atomic E-state index is 0.0877. The maximum atomic E-state index is 13.6. The molecule has 0 N–H and O–H groups in total. The van der Waals surface area contributed by atoms with Gasteiger partial charge in [-0.2, -0.15) is 0 Å². The molecule has 0 saturated heterocycles.